The Hall–Kier alpha value is -2.60. The van der Waals surface area contributed by atoms with Crippen molar-refractivity contribution in [3.05, 3.63) is 52.2 Å². The Morgan fingerprint density at radius 1 is 1.32 bits per heavy atom. The number of carbonyl (C=O) groups is 1. The predicted molar refractivity (Wildman–Crippen MR) is 83.1 cm³/mol. The van der Waals surface area contributed by atoms with Gasteiger partial charge in [-0.25, -0.2) is 4.98 Å². The molecule has 22 heavy (non-hydrogen) atoms. The topological polar surface area (TPSA) is 77.1 Å². The van der Waals surface area contributed by atoms with Crippen molar-refractivity contribution in [1.29, 1.82) is 0 Å². The number of fused-ring (bicyclic) bond motifs is 1. The highest BCUT2D eigenvalue weighted by Gasteiger charge is 2.15. The molecule has 1 aromatic carbocycles. The van der Waals surface area contributed by atoms with Crippen molar-refractivity contribution >= 4 is 28.6 Å². The fourth-order valence-electron chi connectivity index (χ4n) is 2.41. The minimum Gasteiger partial charge on any atom is -0.480 e. The standard InChI is InChI=1S/C15H12ClN3O3/c1-18-6-11(9-2-4-10(16)5-3-9)13-14(18)15(22)19(8-17-13)7-12(20)21/h2-6,8H,7H2,1H3,(H,20,21). The second kappa shape index (κ2) is 5.31. The first-order valence-corrected chi connectivity index (χ1v) is 6.87. The third kappa shape index (κ3) is 2.37. The molecule has 0 fully saturated rings. The molecule has 6 nitrogen and oxygen atoms in total. The van der Waals surface area contributed by atoms with Gasteiger partial charge in [-0.05, 0) is 17.7 Å². The summed E-state index contributed by atoms with van der Waals surface area (Å²) in [4.78, 5) is 27.5. The number of hydrogen-bond donors (Lipinski definition) is 1. The van der Waals surface area contributed by atoms with Gasteiger partial charge in [-0.2, -0.15) is 0 Å². The molecule has 3 rings (SSSR count). The van der Waals surface area contributed by atoms with E-state index in [0.717, 1.165) is 15.7 Å². The van der Waals surface area contributed by atoms with E-state index in [1.54, 1.807) is 29.9 Å². The van der Waals surface area contributed by atoms with Crippen molar-refractivity contribution in [2.75, 3.05) is 0 Å². The van der Waals surface area contributed by atoms with E-state index in [2.05, 4.69) is 4.98 Å². The molecule has 0 amide bonds. The normalized spacial score (nSPS) is 11.0. The summed E-state index contributed by atoms with van der Waals surface area (Å²) in [7, 11) is 1.73. The lowest BCUT2D eigenvalue weighted by Gasteiger charge is -2.03. The van der Waals surface area contributed by atoms with Gasteiger partial charge in [0, 0.05) is 23.8 Å². The molecule has 0 aliphatic rings. The number of benzene rings is 1. The maximum atomic E-state index is 12.4. The molecule has 112 valence electrons. The quantitative estimate of drug-likeness (QED) is 0.803. The second-order valence-corrected chi connectivity index (χ2v) is 5.37. The number of hydrogen-bond acceptors (Lipinski definition) is 3. The van der Waals surface area contributed by atoms with Gasteiger partial charge in [-0.1, -0.05) is 23.7 Å². The van der Waals surface area contributed by atoms with Gasteiger partial charge in [-0.15, -0.1) is 0 Å². The van der Waals surface area contributed by atoms with Crippen LogP contribution in [0.2, 0.25) is 5.02 Å². The van der Waals surface area contributed by atoms with Gasteiger partial charge in [-0.3, -0.25) is 14.2 Å². The highest BCUT2D eigenvalue weighted by molar-refractivity contribution is 6.30. The minimum atomic E-state index is -1.09. The average Bonchev–Trinajstić information content (AvgIpc) is 2.80. The smallest absolute Gasteiger partial charge is 0.323 e. The van der Waals surface area contributed by atoms with E-state index in [0.29, 0.717) is 16.1 Å². The Labute approximate surface area is 130 Å². The van der Waals surface area contributed by atoms with Crippen LogP contribution in [0.4, 0.5) is 0 Å². The number of carboxylic acids is 1. The Bertz CT molecular complexity index is 926. The summed E-state index contributed by atoms with van der Waals surface area (Å²) in [6.07, 6.45) is 3.06. The van der Waals surface area contributed by atoms with Crippen LogP contribution < -0.4 is 5.56 Å². The first-order chi connectivity index (χ1) is 10.5. The average molecular weight is 318 g/mol. The van der Waals surface area contributed by atoms with Crippen molar-refractivity contribution in [3.63, 3.8) is 0 Å². The van der Waals surface area contributed by atoms with Gasteiger partial charge in [0.05, 0.1) is 6.33 Å². The fourth-order valence-corrected chi connectivity index (χ4v) is 2.54. The molecule has 1 N–H and O–H groups in total. The summed E-state index contributed by atoms with van der Waals surface area (Å²) in [5, 5.41) is 9.46. The maximum Gasteiger partial charge on any atom is 0.323 e. The predicted octanol–water partition coefficient (Wildman–Crippen LogP) is 2.14. The molecule has 0 aliphatic heterocycles. The molecule has 0 saturated heterocycles. The Kier molecular flexibility index (Phi) is 3.46. The SMILES string of the molecule is Cn1cc(-c2ccc(Cl)cc2)c2ncn(CC(=O)O)c(=O)c21. The highest BCUT2D eigenvalue weighted by Crippen LogP contribution is 2.27. The first kappa shape index (κ1) is 14.3. The van der Waals surface area contributed by atoms with E-state index in [1.165, 1.54) is 6.33 Å². The zero-order valence-corrected chi connectivity index (χ0v) is 12.4. The van der Waals surface area contributed by atoms with Crippen LogP contribution in [0.25, 0.3) is 22.2 Å². The molecule has 0 spiro atoms. The number of aromatic nitrogens is 3. The summed E-state index contributed by atoms with van der Waals surface area (Å²) in [5.74, 6) is -1.09. The molecule has 0 bridgehead atoms. The molecule has 7 heteroatoms. The first-order valence-electron chi connectivity index (χ1n) is 6.49. The Morgan fingerprint density at radius 3 is 2.64 bits per heavy atom. The van der Waals surface area contributed by atoms with Crippen molar-refractivity contribution in [2.24, 2.45) is 7.05 Å². The van der Waals surface area contributed by atoms with E-state index in [-0.39, 0.29) is 5.56 Å². The second-order valence-electron chi connectivity index (χ2n) is 4.93. The lowest BCUT2D eigenvalue weighted by atomic mass is 10.1. The lowest BCUT2D eigenvalue weighted by Crippen LogP contribution is -2.25. The van der Waals surface area contributed by atoms with Crippen LogP contribution in [-0.4, -0.2) is 25.2 Å². The largest absolute Gasteiger partial charge is 0.480 e. The highest BCUT2D eigenvalue weighted by atomic mass is 35.5. The van der Waals surface area contributed by atoms with Crippen LogP contribution in [0, 0.1) is 0 Å². The molecular formula is C15H12ClN3O3. The lowest BCUT2D eigenvalue weighted by molar-refractivity contribution is -0.137. The van der Waals surface area contributed by atoms with Crippen molar-refractivity contribution in [2.45, 2.75) is 6.54 Å². The summed E-state index contributed by atoms with van der Waals surface area (Å²) >= 11 is 5.89. The fraction of sp³-hybridized carbons (Fsp3) is 0.133. The van der Waals surface area contributed by atoms with E-state index in [9.17, 15) is 9.59 Å². The van der Waals surface area contributed by atoms with Crippen LogP contribution in [0.15, 0.2) is 41.6 Å². The number of carboxylic acid groups (broad SMARTS) is 1. The summed E-state index contributed by atoms with van der Waals surface area (Å²) in [6, 6.07) is 7.23. The molecule has 0 unspecified atom stereocenters. The third-order valence-electron chi connectivity index (χ3n) is 3.41. The summed E-state index contributed by atoms with van der Waals surface area (Å²) in [5.41, 5.74) is 2.21. The number of aryl methyl sites for hydroxylation is 1. The van der Waals surface area contributed by atoms with E-state index >= 15 is 0 Å². The summed E-state index contributed by atoms with van der Waals surface area (Å²) in [6.45, 7) is -0.413. The third-order valence-corrected chi connectivity index (χ3v) is 3.66. The van der Waals surface area contributed by atoms with Gasteiger partial charge >= 0.3 is 5.97 Å². The van der Waals surface area contributed by atoms with Gasteiger partial charge in [0.1, 0.15) is 17.6 Å². The number of halogens is 1. The maximum absolute atomic E-state index is 12.4. The van der Waals surface area contributed by atoms with E-state index in [1.807, 2.05) is 12.1 Å². The molecular weight excluding hydrogens is 306 g/mol. The minimum absolute atomic E-state index is 0.369. The van der Waals surface area contributed by atoms with Crippen molar-refractivity contribution in [1.82, 2.24) is 14.1 Å². The number of nitrogens with zero attached hydrogens (tertiary/aromatic N) is 3. The number of aliphatic carboxylic acids is 1. The Balaban J connectivity index is 2.23. The molecule has 0 saturated carbocycles. The zero-order valence-electron chi connectivity index (χ0n) is 11.7. The van der Waals surface area contributed by atoms with E-state index in [4.69, 9.17) is 16.7 Å². The van der Waals surface area contributed by atoms with Crippen LogP contribution in [0.1, 0.15) is 0 Å². The van der Waals surface area contributed by atoms with Crippen LogP contribution in [-0.2, 0) is 18.4 Å². The molecule has 3 aromatic rings. The monoisotopic (exact) mass is 317 g/mol. The van der Waals surface area contributed by atoms with Gasteiger partial charge in [0.25, 0.3) is 5.56 Å². The van der Waals surface area contributed by atoms with Crippen LogP contribution in [0.5, 0.6) is 0 Å². The van der Waals surface area contributed by atoms with Crippen molar-refractivity contribution < 1.29 is 9.90 Å². The van der Waals surface area contributed by atoms with E-state index < -0.39 is 12.5 Å². The van der Waals surface area contributed by atoms with Crippen molar-refractivity contribution in [3.8, 4) is 11.1 Å². The molecule has 2 heterocycles. The Morgan fingerprint density at radius 2 is 2.00 bits per heavy atom. The molecule has 2 aromatic heterocycles. The number of rotatable bonds is 3. The van der Waals surface area contributed by atoms with Gasteiger partial charge < -0.3 is 9.67 Å². The molecule has 0 aliphatic carbocycles. The van der Waals surface area contributed by atoms with Gasteiger partial charge in [0.2, 0.25) is 0 Å². The summed E-state index contributed by atoms with van der Waals surface area (Å²) < 4.78 is 2.74. The van der Waals surface area contributed by atoms with Gasteiger partial charge in [0.15, 0.2) is 0 Å². The molecule has 0 atom stereocenters. The van der Waals surface area contributed by atoms with Crippen LogP contribution >= 0.6 is 11.6 Å². The zero-order chi connectivity index (χ0) is 15.9. The van der Waals surface area contributed by atoms with Crippen LogP contribution in [0.3, 0.4) is 0 Å². The molecule has 0 radical (unpaired) electrons.